The molecule has 0 fully saturated rings. The first kappa shape index (κ1) is 23.9. The summed E-state index contributed by atoms with van der Waals surface area (Å²) in [5.74, 6) is -0.749. The van der Waals surface area contributed by atoms with E-state index in [1.54, 1.807) is 31.4 Å². The van der Waals surface area contributed by atoms with Crippen LogP contribution in [0.1, 0.15) is 12.5 Å². The lowest BCUT2D eigenvalue weighted by atomic mass is 9.99. The van der Waals surface area contributed by atoms with Gasteiger partial charge in [-0.25, -0.2) is 4.39 Å². The number of amides is 1. The van der Waals surface area contributed by atoms with Crippen LogP contribution in [0.2, 0.25) is 0 Å². The van der Waals surface area contributed by atoms with Gasteiger partial charge in [0.1, 0.15) is 22.9 Å². The maximum atomic E-state index is 13.3. The number of benzene rings is 3. The minimum atomic E-state index is -4.80. The van der Waals surface area contributed by atoms with E-state index < -0.39 is 18.0 Å². The molecule has 35 heavy (non-hydrogen) atoms. The van der Waals surface area contributed by atoms with Crippen molar-refractivity contribution in [2.24, 2.45) is 0 Å². The first-order chi connectivity index (χ1) is 16.6. The number of hydrogen-bond acceptors (Lipinski definition) is 4. The van der Waals surface area contributed by atoms with Crippen molar-refractivity contribution in [2.45, 2.75) is 13.3 Å². The highest BCUT2D eigenvalue weighted by atomic mass is 19.4. The number of alkyl halides is 3. The number of ether oxygens (including phenoxy) is 2. The maximum Gasteiger partial charge on any atom is 0.573 e. The number of rotatable bonds is 6. The van der Waals surface area contributed by atoms with Gasteiger partial charge in [-0.2, -0.15) is 0 Å². The van der Waals surface area contributed by atoms with Gasteiger partial charge in [0.2, 0.25) is 5.91 Å². The number of hydrogen-bond donors (Lipinski definition) is 1. The summed E-state index contributed by atoms with van der Waals surface area (Å²) in [7, 11) is 1.49. The molecule has 1 amide bonds. The Morgan fingerprint density at radius 1 is 1.03 bits per heavy atom. The average molecular weight is 485 g/mol. The zero-order valence-corrected chi connectivity index (χ0v) is 18.6. The Morgan fingerprint density at radius 2 is 1.71 bits per heavy atom. The van der Waals surface area contributed by atoms with Crippen LogP contribution in [0.4, 0.5) is 23.2 Å². The monoisotopic (exact) mass is 485 g/mol. The molecule has 0 saturated carbocycles. The Balaban J connectivity index is 1.59. The van der Waals surface area contributed by atoms with Crippen molar-refractivity contribution in [1.29, 1.82) is 0 Å². The van der Waals surface area contributed by atoms with Gasteiger partial charge < -0.3 is 19.2 Å². The molecule has 4 aromatic rings. The molecule has 0 aliphatic rings. The molecule has 0 saturated heterocycles. The molecule has 0 aliphatic heterocycles. The highest BCUT2D eigenvalue weighted by Gasteiger charge is 2.31. The number of nitrogens with one attached hydrogen (secondary N) is 1. The second-order valence-corrected chi connectivity index (χ2v) is 7.59. The fraction of sp³-hybridized carbons (Fsp3) is 0.115. The topological polar surface area (TPSA) is 60.7 Å². The second-order valence-electron chi connectivity index (χ2n) is 7.59. The molecular weight excluding hydrogens is 466 g/mol. The van der Waals surface area contributed by atoms with E-state index in [0.717, 1.165) is 28.6 Å². The minimum Gasteiger partial charge on any atom is -0.496 e. The molecule has 1 N–H and O–H groups in total. The number of carbonyl (C=O) groups is 1. The molecule has 0 atom stereocenters. The number of anilines is 1. The molecule has 0 spiro atoms. The van der Waals surface area contributed by atoms with Crippen LogP contribution in [0.25, 0.3) is 27.7 Å². The quantitative estimate of drug-likeness (QED) is 0.232. The largest absolute Gasteiger partial charge is 0.573 e. The zero-order valence-electron chi connectivity index (χ0n) is 18.6. The Labute approximate surface area is 197 Å². The molecule has 1 heterocycles. The predicted octanol–water partition coefficient (Wildman–Crippen LogP) is 7.19. The number of methoxy groups -OCH3 is 1. The van der Waals surface area contributed by atoms with Crippen molar-refractivity contribution in [2.75, 3.05) is 12.4 Å². The average Bonchev–Trinajstić information content (AvgIpc) is 3.22. The van der Waals surface area contributed by atoms with Crippen molar-refractivity contribution in [3.8, 4) is 22.6 Å². The van der Waals surface area contributed by atoms with Gasteiger partial charge in [-0.15, -0.1) is 13.2 Å². The van der Waals surface area contributed by atoms with Crippen molar-refractivity contribution < 1.29 is 36.2 Å². The lowest BCUT2D eigenvalue weighted by molar-refractivity contribution is -0.274. The molecule has 3 aromatic carbocycles. The second kappa shape index (κ2) is 9.54. The first-order valence-corrected chi connectivity index (χ1v) is 10.3. The van der Waals surface area contributed by atoms with Crippen molar-refractivity contribution in [3.05, 3.63) is 84.4 Å². The zero-order chi connectivity index (χ0) is 25.2. The molecular formula is C26H19F4NO4. The van der Waals surface area contributed by atoms with Crippen molar-refractivity contribution in [1.82, 2.24) is 0 Å². The SMILES string of the molecule is COc1cc2occ(-c3ccc(F)cc3)c2cc1/C(C)=C/C(=O)Nc1ccc(OC(F)(F)F)cc1. The summed E-state index contributed by atoms with van der Waals surface area (Å²) in [6.45, 7) is 1.72. The van der Waals surface area contributed by atoms with Gasteiger partial charge in [0.25, 0.3) is 0 Å². The van der Waals surface area contributed by atoms with E-state index in [2.05, 4.69) is 10.1 Å². The summed E-state index contributed by atoms with van der Waals surface area (Å²) in [6, 6.07) is 14.3. The fourth-order valence-electron chi connectivity index (χ4n) is 3.58. The Morgan fingerprint density at radius 3 is 2.34 bits per heavy atom. The Hall–Kier alpha value is -4.27. The van der Waals surface area contributed by atoms with Gasteiger partial charge in [0.15, 0.2) is 0 Å². The molecule has 9 heteroatoms. The summed E-state index contributed by atoms with van der Waals surface area (Å²) in [4.78, 5) is 12.5. The number of halogens is 4. The number of allylic oxidation sites excluding steroid dienone is 1. The lowest BCUT2D eigenvalue weighted by Gasteiger charge is -2.11. The molecule has 1 aromatic heterocycles. The summed E-state index contributed by atoms with van der Waals surface area (Å²) in [6.07, 6.45) is -1.88. The summed E-state index contributed by atoms with van der Waals surface area (Å²) >= 11 is 0. The van der Waals surface area contributed by atoms with E-state index in [9.17, 15) is 22.4 Å². The molecule has 0 unspecified atom stereocenters. The summed E-state index contributed by atoms with van der Waals surface area (Å²) < 4.78 is 65.2. The third-order valence-corrected chi connectivity index (χ3v) is 5.18. The highest BCUT2D eigenvalue weighted by molar-refractivity contribution is 6.05. The number of carbonyl (C=O) groups excluding carboxylic acids is 1. The van der Waals surface area contributed by atoms with Gasteiger partial charge >= 0.3 is 6.36 Å². The van der Waals surface area contributed by atoms with Crippen LogP contribution in [0.3, 0.4) is 0 Å². The van der Waals surface area contributed by atoms with Crippen LogP contribution < -0.4 is 14.8 Å². The summed E-state index contributed by atoms with van der Waals surface area (Å²) in [5, 5.41) is 3.35. The molecule has 5 nitrogen and oxygen atoms in total. The first-order valence-electron chi connectivity index (χ1n) is 10.3. The van der Waals surface area contributed by atoms with E-state index >= 15 is 0 Å². The van der Waals surface area contributed by atoms with E-state index in [4.69, 9.17) is 9.15 Å². The molecule has 0 aliphatic carbocycles. The Bertz CT molecular complexity index is 1390. The number of furan rings is 1. The molecule has 0 bridgehead atoms. The van der Waals surface area contributed by atoms with E-state index in [0.29, 0.717) is 28.2 Å². The van der Waals surface area contributed by atoms with Gasteiger partial charge in [-0.3, -0.25) is 4.79 Å². The third kappa shape index (κ3) is 5.63. The van der Waals surface area contributed by atoms with Gasteiger partial charge in [0, 0.05) is 34.3 Å². The van der Waals surface area contributed by atoms with E-state index in [-0.39, 0.29) is 5.82 Å². The molecule has 180 valence electrons. The van der Waals surface area contributed by atoms with Crippen LogP contribution in [-0.2, 0) is 4.79 Å². The normalized spacial score (nSPS) is 12.0. The smallest absolute Gasteiger partial charge is 0.496 e. The number of fused-ring (bicyclic) bond motifs is 1. The van der Waals surface area contributed by atoms with Crippen LogP contribution in [0.15, 0.2) is 77.4 Å². The van der Waals surface area contributed by atoms with E-state index in [1.165, 1.54) is 37.5 Å². The molecule has 4 rings (SSSR count). The standard InChI is InChI=1S/C26H19F4NO4/c1-15(11-25(32)31-18-7-9-19(10-8-18)35-26(28,29)30)20-12-21-22(16-3-5-17(27)6-4-16)14-34-24(21)13-23(20)33-2/h3-14H,1-2H3,(H,31,32)/b15-11+. The summed E-state index contributed by atoms with van der Waals surface area (Å²) in [5.41, 5.74) is 3.58. The van der Waals surface area contributed by atoms with Gasteiger partial charge in [-0.05, 0) is 60.5 Å². The van der Waals surface area contributed by atoms with Crippen molar-refractivity contribution in [3.63, 3.8) is 0 Å². The van der Waals surface area contributed by atoms with Crippen LogP contribution in [0.5, 0.6) is 11.5 Å². The van der Waals surface area contributed by atoms with Crippen LogP contribution in [-0.4, -0.2) is 19.4 Å². The predicted molar refractivity (Wildman–Crippen MR) is 124 cm³/mol. The van der Waals surface area contributed by atoms with Crippen LogP contribution in [0, 0.1) is 5.82 Å². The molecule has 0 radical (unpaired) electrons. The van der Waals surface area contributed by atoms with Crippen LogP contribution >= 0.6 is 0 Å². The third-order valence-electron chi connectivity index (χ3n) is 5.18. The maximum absolute atomic E-state index is 13.3. The van der Waals surface area contributed by atoms with Gasteiger partial charge in [-0.1, -0.05) is 12.1 Å². The minimum absolute atomic E-state index is 0.296. The van der Waals surface area contributed by atoms with Crippen molar-refractivity contribution >= 4 is 28.1 Å². The van der Waals surface area contributed by atoms with Gasteiger partial charge in [0.05, 0.1) is 13.4 Å². The fourth-order valence-corrected chi connectivity index (χ4v) is 3.58. The highest BCUT2D eigenvalue weighted by Crippen LogP contribution is 2.37. The van der Waals surface area contributed by atoms with E-state index in [1.807, 2.05) is 6.07 Å². The lowest BCUT2D eigenvalue weighted by Crippen LogP contribution is -2.17. The Kier molecular flexibility index (Phi) is 6.50.